The SMILES string of the molecule is CNc1nc(N)nc2c1ncn2[C@@H]1O[C@H](CCOP(=O)(N[C@@H](C)C(=O)OC(C)C)Oc2ccccc2)[C@@H](O)[C@@]1(C)F. The van der Waals surface area contributed by atoms with E-state index in [9.17, 15) is 14.5 Å². The summed E-state index contributed by atoms with van der Waals surface area (Å²) in [5, 5.41) is 16.3. The summed E-state index contributed by atoms with van der Waals surface area (Å²) < 4.78 is 53.2. The quantitative estimate of drug-likeness (QED) is 0.177. The lowest BCUT2D eigenvalue weighted by Crippen LogP contribution is -2.40. The first-order chi connectivity index (χ1) is 19.3. The standard InChI is InChI=1S/C25H35FN7O7P/c1-14(2)38-22(35)15(3)32-41(36,40-16-9-7-6-8-10-16)37-12-11-17-19(34)25(4,26)23(39-17)33-13-29-18-20(28-5)30-24(27)31-21(18)33/h6-10,13-15,17,19,23,34H,11-12H2,1-5H3,(H,32,36)(H3,27,28,30,31)/t15-,17+,19+,23+,25+,41?/m0/s1. The lowest BCUT2D eigenvalue weighted by atomic mass is 9.97. The van der Waals surface area contributed by atoms with Gasteiger partial charge >= 0.3 is 13.7 Å². The number of imidazole rings is 1. The van der Waals surface area contributed by atoms with Crippen LogP contribution in [0.4, 0.5) is 16.2 Å². The molecule has 16 heteroatoms. The summed E-state index contributed by atoms with van der Waals surface area (Å²) in [7, 11) is -2.52. The predicted molar refractivity (Wildman–Crippen MR) is 148 cm³/mol. The number of fused-ring (bicyclic) bond motifs is 1. The van der Waals surface area contributed by atoms with Crippen molar-refractivity contribution in [3.8, 4) is 5.75 Å². The van der Waals surface area contributed by atoms with E-state index in [-0.39, 0.29) is 36.5 Å². The molecule has 4 rings (SSSR count). The number of hydrogen-bond donors (Lipinski definition) is 4. The molecule has 41 heavy (non-hydrogen) atoms. The van der Waals surface area contributed by atoms with Gasteiger partial charge in [-0.2, -0.15) is 15.1 Å². The molecule has 1 aromatic carbocycles. The van der Waals surface area contributed by atoms with Gasteiger partial charge in [0.15, 0.2) is 28.9 Å². The third-order valence-corrected chi connectivity index (χ3v) is 8.01. The molecule has 1 aliphatic rings. The topological polar surface area (TPSA) is 185 Å². The van der Waals surface area contributed by atoms with E-state index in [0.29, 0.717) is 11.3 Å². The van der Waals surface area contributed by atoms with Crippen LogP contribution in [0.25, 0.3) is 11.2 Å². The first-order valence-corrected chi connectivity index (χ1v) is 14.6. The van der Waals surface area contributed by atoms with Crippen molar-refractivity contribution in [2.75, 3.05) is 24.7 Å². The van der Waals surface area contributed by atoms with Crippen LogP contribution < -0.4 is 20.7 Å². The maximum Gasteiger partial charge on any atom is 0.459 e. The van der Waals surface area contributed by atoms with Gasteiger partial charge in [-0.1, -0.05) is 18.2 Å². The lowest BCUT2D eigenvalue weighted by Gasteiger charge is -2.25. The largest absolute Gasteiger partial charge is 0.462 e. The molecule has 5 N–H and O–H groups in total. The van der Waals surface area contributed by atoms with Gasteiger partial charge in [0.1, 0.15) is 17.9 Å². The van der Waals surface area contributed by atoms with Crippen molar-refractivity contribution in [1.82, 2.24) is 24.6 Å². The number of anilines is 2. The number of nitrogen functional groups attached to an aromatic ring is 1. The molecule has 6 atom stereocenters. The molecule has 14 nitrogen and oxygen atoms in total. The Morgan fingerprint density at radius 2 is 2.00 bits per heavy atom. The molecule has 0 spiro atoms. The van der Waals surface area contributed by atoms with Crippen LogP contribution in [0, 0.1) is 0 Å². The molecule has 3 heterocycles. The zero-order valence-corrected chi connectivity index (χ0v) is 24.2. The van der Waals surface area contributed by atoms with Gasteiger partial charge in [0.25, 0.3) is 0 Å². The third-order valence-electron chi connectivity index (χ3n) is 6.33. The fourth-order valence-electron chi connectivity index (χ4n) is 4.35. The maximum atomic E-state index is 15.9. The van der Waals surface area contributed by atoms with E-state index in [2.05, 4.69) is 25.4 Å². The Balaban J connectivity index is 1.49. The highest BCUT2D eigenvalue weighted by molar-refractivity contribution is 7.52. The van der Waals surface area contributed by atoms with Crippen LogP contribution in [0.3, 0.4) is 0 Å². The Labute approximate surface area is 236 Å². The number of halogens is 1. The third kappa shape index (κ3) is 6.76. The molecule has 2 aromatic heterocycles. The number of hydrogen-bond acceptors (Lipinski definition) is 12. The van der Waals surface area contributed by atoms with Crippen LogP contribution >= 0.6 is 7.75 Å². The minimum absolute atomic E-state index is 0.0548. The number of aliphatic hydroxyl groups excluding tert-OH is 1. The van der Waals surface area contributed by atoms with E-state index < -0.39 is 43.9 Å². The highest BCUT2D eigenvalue weighted by Crippen LogP contribution is 2.47. The van der Waals surface area contributed by atoms with Gasteiger partial charge in [0, 0.05) is 13.5 Å². The second-order valence-corrected chi connectivity index (χ2v) is 11.7. The number of carbonyl (C=O) groups is 1. The first-order valence-electron chi connectivity index (χ1n) is 13.0. The van der Waals surface area contributed by atoms with Crippen molar-refractivity contribution in [3.63, 3.8) is 0 Å². The van der Waals surface area contributed by atoms with E-state index in [1.807, 2.05) is 0 Å². The van der Waals surface area contributed by atoms with Gasteiger partial charge in [0.05, 0.1) is 25.1 Å². The molecule has 1 fully saturated rings. The molecule has 0 amide bonds. The summed E-state index contributed by atoms with van der Waals surface area (Å²) in [6, 6.07) is 7.22. The molecule has 0 radical (unpaired) electrons. The molecule has 224 valence electrons. The van der Waals surface area contributed by atoms with Gasteiger partial charge < -0.3 is 30.2 Å². The van der Waals surface area contributed by atoms with E-state index in [1.54, 1.807) is 51.2 Å². The number of alkyl halides is 1. The van der Waals surface area contributed by atoms with Crippen LogP contribution in [0.5, 0.6) is 5.75 Å². The highest BCUT2D eigenvalue weighted by Gasteiger charge is 2.55. The van der Waals surface area contributed by atoms with E-state index in [1.165, 1.54) is 24.7 Å². The van der Waals surface area contributed by atoms with Crippen molar-refractivity contribution in [1.29, 1.82) is 0 Å². The van der Waals surface area contributed by atoms with Crippen molar-refractivity contribution < 1.29 is 37.4 Å². The summed E-state index contributed by atoms with van der Waals surface area (Å²) in [4.78, 5) is 24.8. The van der Waals surface area contributed by atoms with Crippen molar-refractivity contribution in [2.45, 2.75) is 70.4 Å². The number of nitrogens with two attached hydrogens (primary N) is 1. The molecule has 0 saturated carbocycles. The van der Waals surface area contributed by atoms with Crippen molar-refractivity contribution in [2.24, 2.45) is 0 Å². The molecule has 1 saturated heterocycles. The summed E-state index contributed by atoms with van der Waals surface area (Å²) in [6.45, 7) is 5.76. The Kier molecular flexibility index (Phi) is 9.14. The summed E-state index contributed by atoms with van der Waals surface area (Å²) in [6.07, 6.45) is -3.09. The van der Waals surface area contributed by atoms with Crippen LogP contribution in [0.2, 0.25) is 0 Å². The highest BCUT2D eigenvalue weighted by atomic mass is 31.2. The zero-order valence-electron chi connectivity index (χ0n) is 23.4. The molecule has 0 aliphatic carbocycles. The van der Waals surface area contributed by atoms with E-state index in [0.717, 1.165) is 0 Å². The Hall–Kier alpha value is -3.36. The van der Waals surface area contributed by atoms with E-state index >= 15 is 4.39 Å². The van der Waals surface area contributed by atoms with Crippen LogP contribution in [-0.4, -0.2) is 74.3 Å². The minimum Gasteiger partial charge on any atom is -0.462 e. The molecular formula is C25H35FN7O7P. The van der Waals surface area contributed by atoms with Gasteiger partial charge in [-0.05, 0) is 39.8 Å². The monoisotopic (exact) mass is 595 g/mol. The molecular weight excluding hydrogens is 560 g/mol. The fourth-order valence-corrected chi connectivity index (χ4v) is 5.85. The van der Waals surface area contributed by atoms with Gasteiger partial charge in [-0.3, -0.25) is 13.9 Å². The van der Waals surface area contributed by atoms with Crippen molar-refractivity contribution >= 4 is 36.6 Å². The van der Waals surface area contributed by atoms with Crippen LogP contribution in [0.1, 0.15) is 40.3 Å². The van der Waals surface area contributed by atoms with E-state index in [4.69, 9.17) is 24.3 Å². The Morgan fingerprint density at radius 1 is 1.29 bits per heavy atom. The molecule has 1 aliphatic heterocycles. The average molecular weight is 596 g/mol. The number of aliphatic hydroxyl groups is 1. The number of nitrogens with one attached hydrogen (secondary N) is 2. The van der Waals surface area contributed by atoms with Crippen LogP contribution in [0.15, 0.2) is 36.7 Å². The minimum atomic E-state index is -4.15. The number of para-hydroxylation sites is 1. The predicted octanol–water partition coefficient (Wildman–Crippen LogP) is 2.96. The second kappa shape index (κ2) is 12.2. The Bertz CT molecular complexity index is 1410. The smallest absolute Gasteiger partial charge is 0.459 e. The average Bonchev–Trinajstić information content (AvgIpc) is 3.41. The second-order valence-electron chi connectivity index (χ2n) is 9.99. The van der Waals surface area contributed by atoms with Gasteiger partial charge in [-0.25, -0.2) is 13.9 Å². The summed E-state index contributed by atoms with van der Waals surface area (Å²) in [5.74, 6) is -0.121. The zero-order chi connectivity index (χ0) is 29.9. The normalized spacial score (nSPS) is 24.7. The number of aromatic nitrogens is 4. The maximum absolute atomic E-state index is 15.9. The number of rotatable bonds is 12. The number of benzene rings is 1. The molecule has 0 bridgehead atoms. The molecule has 3 aromatic rings. The first kappa shape index (κ1) is 30.6. The fraction of sp³-hybridized carbons (Fsp3) is 0.520. The number of carbonyl (C=O) groups excluding carboxylic acids is 1. The molecule has 1 unspecified atom stereocenters. The lowest BCUT2D eigenvalue weighted by molar-refractivity contribution is -0.149. The van der Waals surface area contributed by atoms with Crippen LogP contribution in [-0.2, 0) is 23.4 Å². The van der Waals surface area contributed by atoms with Crippen molar-refractivity contribution in [3.05, 3.63) is 36.7 Å². The summed E-state index contributed by atoms with van der Waals surface area (Å²) >= 11 is 0. The number of esters is 1. The van der Waals surface area contributed by atoms with Gasteiger partial charge in [0.2, 0.25) is 5.95 Å². The summed E-state index contributed by atoms with van der Waals surface area (Å²) in [5.41, 5.74) is 4.10. The van der Waals surface area contributed by atoms with Gasteiger partial charge in [-0.15, -0.1) is 0 Å². The number of nitrogens with zero attached hydrogens (tertiary/aromatic N) is 4. The Morgan fingerprint density at radius 3 is 2.66 bits per heavy atom. The number of ether oxygens (including phenoxy) is 2.